The number of carboxylic acid groups (broad SMARTS) is 1. The van der Waals surface area contributed by atoms with E-state index in [0.717, 1.165) is 19.3 Å². The molecule has 2 unspecified atom stereocenters. The molecule has 0 saturated carbocycles. The van der Waals surface area contributed by atoms with Crippen molar-refractivity contribution in [3.8, 4) is 0 Å². The van der Waals surface area contributed by atoms with Gasteiger partial charge < -0.3 is 14.9 Å². The standard InChI is InChI=1S/C15H26N2O4/c1-4-11(3)14(20)17-8-6-7-12(9-17)15(21)16(5-2)10-13(18)19/h11-12H,4-10H2,1-3H3,(H,18,19). The number of rotatable bonds is 6. The topological polar surface area (TPSA) is 77.9 Å². The summed E-state index contributed by atoms with van der Waals surface area (Å²) in [4.78, 5) is 38.5. The Labute approximate surface area is 126 Å². The van der Waals surface area contributed by atoms with Crippen LogP contribution in [-0.2, 0) is 14.4 Å². The van der Waals surface area contributed by atoms with Gasteiger partial charge in [-0.15, -0.1) is 0 Å². The van der Waals surface area contributed by atoms with E-state index in [1.165, 1.54) is 4.90 Å². The number of nitrogens with zero attached hydrogens (tertiary/aromatic N) is 2. The minimum Gasteiger partial charge on any atom is -0.480 e. The number of amides is 2. The van der Waals surface area contributed by atoms with Gasteiger partial charge in [0.15, 0.2) is 0 Å². The molecule has 6 heteroatoms. The number of hydrogen-bond donors (Lipinski definition) is 1. The third-order valence-electron chi connectivity index (χ3n) is 4.14. The van der Waals surface area contributed by atoms with E-state index in [-0.39, 0.29) is 30.2 Å². The van der Waals surface area contributed by atoms with Crippen molar-refractivity contribution >= 4 is 17.8 Å². The number of likely N-dealkylation sites (tertiary alicyclic amines) is 1. The van der Waals surface area contributed by atoms with Gasteiger partial charge in [-0.25, -0.2) is 0 Å². The second-order valence-electron chi connectivity index (χ2n) is 5.68. The number of carbonyl (C=O) groups excluding carboxylic acids is 2. The monoisotopic (exact) mass is 298 g/mol. The molecule has 6 nitrogen and oxygen atoms in total. The van der Waals surface area contributed by atoms with Gasteiger partial charge in [-0.3, -0.25) is 14.4 Å². The van der Waals surface area contributed by atoms with Gasteiger partial charge in [0.2, 0.25) is 11.8 Å². The maximum atomic E-state index is 12.4. The van der Waals surface area contributed by atoms with E-state index < -0.39 is 5.97 Å². The number of hydrogen-bond acceptors (Lipinski definition) is 3. The van der Waals surface area contributed by atoms with Crippen molar-refractivity contribution < 1.29 is 19.5 Å². The zero-order chi connectivity index (χ0) is 16.0. The fraction of sp³-hybridized carbons (Fsp3) is 0.800. The molecule has 1 heterocycles. The Morgan fingerprint density at radius 3 is 2.52 bits per heavy atom. The fourth-order valence-electron chi connectivity index (χ4n) is 2.63. The Morgan fingerprint density at radius 2 is 2.00 bits per heavy atom. The molecule has 2 amide bonds. The summed E-state index contributed by atoms with van der Waals surface area (Å²) in [7, 11) is 0. The van der Waals surface area contributed by atoms with E-state index >= 15 is 0 Å². The first-order valence-electron chi connectivity index (χ1n) is 7.70. The van der Waals surface area contributed by atoms with Crippen molar-refractivity contribution in [3.05, 3.63) is 0 Å². The molecule has 21 heavy (non-hydrogen) atoms. The van der Waals surface area contributed by atoms with Gasteiger partial charge >= 0.3 is 5.97 Å². The van der Waals surface area contributed by atoms with Gasteiger partial charge in [-0.2, -0.15) is 0 Å². The molecule has 0 aliphatic carbocycles. The van der Waals surface area contributed by atoms with E-state index in [1.54, 1.807) is 11.8 Å². The van der Waals surface area contributed by atoms with Crippen LogP contribution in [0.1, 0.15) is 40.0 Å². The molecule has 0 aromatic carbocycles. The summed E-state index contributed by atoms with van der Waals surface area (Å²) in [6, 6.07) is 0. The normalized spacial score (nSPS) is 20.0. The van der Waals surface area contributed by atoms with Crippen LogP contribution in [0.3, 0.4) is 0 Å². The maximum absolute atomic E-state index is 12.4. The second kappa shape index (κ2) is 8.00. The van der Waals surface area contributed by atoms with E-state index in [1.807, 2.05) is 13.8 Å². The molecule has 1 aliphatic rings. The molecule has 1 saturated heterocycles. The number of piperidine rings is 1. The first kappa shape index (κ1) is 17.5. The van der Waals surface area contributed by atoms with Crippen LogP contribution in [0.5, 0.6) is 0 Å². The van der Waals surface area contributed by atoms with E-state index in [9.17, 15) is 14.4 Å². The lowest BCUT2D eigenvalue weighted by Crippen LogP contribution is -2.48. The van der Waals surface area contributed by atoms with E-state index in [2.05, 4.69) is 0 Å². The number of carbonyl (C=O) groups is 3. The average Bonchev–Trinajstić information content (AvgIpc) is 2.50. The van der Waals surface area contributed by atoms with Crippen LogP contribution in [0, 0.1) is 11.8 Å². The quantitative estimate of drug-likeness (QED) is 0.799. The van der Waals surface area contributed by atoms with Crippen LogP contribution in [0.25, 0.3) is 0 Å². The van der Waals surface area contributed by atoms with Crippen molar-refractivity contribution in [2.75, 3.05) is 26.2 Å². The predicted octanol–water partition coefficient (Wildman–Crippen LogP) is 1.20. The van der Waals surface area contributed by atoms with Crippen molar-refractivity contribution in [2.45, 2.75) is 40.0 Å². The Morgan fingerprint density at radius 1 is 1.33 bits per heavy atom. The molecule has 0 spiro atoms. The van der Waals surface area contributed by atoms with Crippen LogP contribution in [0.4, 0.5) is 0 Å². The van der Waals surface area contributed by atoms with Crippen LogP contribution < -0.4 is 0 Å². The molecule has 2 atom stereocenters. The van der Waals surface area contributed by atoms with Gasteiger partial charge in [0.1, 0.15) is 6.54 Å². The SMILES string of the molecule is CCC(C)C(=O)N1CCCC(C(=O)N(CC)CC(=O)O)C1. The van der Waals surface area contributed by atoms with Crippen molar-refractivity contribution in [1.82, 2.24) is 9.80 Å². The molecule has 1 aliphatic heterocycles. The largest absolute Gasteiger partial charge is 0.480 e. The Balaban J connectivity index is 2.68. The van der Waals surface area contributed by atoms with Crippen molar-refractivity contribution in [3.63, 3.8) is 0 Å². The van der Waals surface area contributed by atoms with E-state index in [4.69, 9.17) is 5.11 Å². The number of likely N-dealkylation sites (N-methyl/N-ethyl adjacent to an activating group) is 1. The van der Waals surface area contributed by atoms with Crippen LogP contribution in [0.2, 0.25) is 0 Å². The van der Waals surface area contributed by atoms with Crippen molar-refractivity contribution in [1.29, 1.82) is 0 Å². The highest BCUT2D eigenvalue weighted by molar-refractivity contribution is 5.84. The highest BCUT2D eigenvalue weighted by Crippen LogP contribution is 2.21. The molecule has 1 rings (SSSR count). The van der Waals surface area contributed by atoms with Gasteiger partial charge in [0.05, 0.1) is 5.92 Å². The van der Waals surface area contributed by atoms with Crippen LogP contribution >= 0.6 is 0 Å². The summed E-state index contributed by atoms with van der Waals surface area (Å²) in [5.74, 6) is -1.36. The van der Waals surface area contributed by atoms with Crippen LogP contribution in [0.15, 0.2) is 0 Å². The number of carboxylic acids is 1. The molecule has 120 valence electrons. The lowest BCUT2D eigenvalue weighted by atomic mass is 9.95. The predicted molar refractivity (Wildman–Crippen MR) is 78.6 cm³/mol. The smallest absolute Gasteiger partial charge is 0.323 e. The summed E-state index contributed by atoms with van der Waals surface area (Å²) in [5.41, 5.74) is 0. The van der Waals surface area contributed by atoms with Crippen LogP contribution in [-0.4, -0.2) is 58.9 Å². The van der Waals surface area contributed by atoms with Gasteiger partial charge in [-0.1, -0.05) is 13.8 Å². The summed E-state index contributed by atoms with van der Waals surface area (Å²) < 4.78 is 0. The molecule has 1 fully saturated rings. The Hall–Kier alpha value is -1.59. The van der Waals surface area contributed by atoms with Gasteiger partial charge in [0.25, 0.3) is 0 Å². The lowest BCUT2D eigenvalue weighted by molar-refractivity contribution is -0.148. The number of aliphatic carboxylic acids is 1. The molecule has 0 radical (unpaired) electrons. The molecule has 1 N–H and O–H groups in total. The van der Waals surface area contributed by atoms with Gasteiger partial charge in [-0.05, 0) is 26.2 Å². The molecular formula is C15H26N2O4. The van der Waals surface area contributed by atoms with Crippen molar-refractivity contribution in [2.24, 2.45) is 11.8 Å². The van der Waals surface area contributed by atoms with Gasteiger partial charge in [0, 0.05) is 25.6 Å². The summed E-state index contributed by atoms with van der Waals surface area (Å²) in [5, 5.41) is 8.85. The Bertz CT molecular complexity index is 397. The fourth-order valence-corrected chi connectivity index (χ4v) is 2.63. The molecule has 0 bridgehead atoms. The first-order chi connectivity index (χ1) is 9.90. The molecule has 0 aromatic rings. The average molecular weight is 298 g/mol. The third-order valence-corrected chi connectivity index (χ3v) is 4.14. The lowest BCUT2D eigenvalue weighted by Gasteiger charge is -2.35. The molecular weight excluding hydrogens is 272 g/mol. The summed E-state index contributed by atoms with van der Waals surface area (Å²) in [6.45, 7) is 6.85. The minimum absolute atomic E-state index is 0.0276. The third kappa shape index (κ3) is 4.72. The zero-order valence-corrected chi connectivity index (χ0v) is 13.2. The summed E-state index contributed by atoms with van der Waals surface area (Å²) >= 11 is 0. The first-order valence-corrected chi connectivity index (χ1v) is 7.70. The second-order valence-corrected chi connectivity index (χ2v) is 5.68. The minimum atomic E-state index is -1.01. The van der Waals surface area contributed by atoms with E-state index in [0.29, 0.717) is 19.6 Å². The Kier molecular flexibility index (Phi) is 6.65. The zero-order valence-electron chi connectivity index (χ0n) is 13.2. The molecule has 0 aromatic heterocycles. The highest BCUT2D eigenvalue weighted by atomic mass is 16.4. The maximum Gasteiger partial charge on any atom is 0.323 e. The summed E-state index contributed by atoms with van der Waals surface area (Å²) in [6.07, 6.45) is 2.30. The highest BCUT2D eigenvalue weighted by Gasteiger charge is 2.32.